The molecule has 19 heavy (non-hydrogen) atoms. The normalized spacial score (nSPS) is 20.6. The van der Waals surface area contributed by atoms with E-state index in [0.29, 0.717) is 0 Å². The smallest absolute Gasteiger partial charge is 0.497 e. The topological polar surface area (TPSA) is 47.9 Å². The summed E-state index contributed by atoms with van der Waals surface area (Å²) < 4.78 is 30.5. The Morgan fingerprint density at radius 2 is 1.68 bits per heavy atom. The highest BCUT2D eigenvalue weighted by Crippen LogP contribution is 2.37. The van der Waals surface area contributed by atoms with Gasteiger partial charge in [-0.05, 0) is 33.8 Å². The maximum absolute atomic E-state index is 13.9. The summed E-state index contributed by atoms with van der Waals surface area (Å²) >= 11 is 0. The molecule has 0 unspecified atom stereocenters. The van der Waals surface area contributed by atoms with Gasteiger partial charge in [-0.15, -0.1) is 0 Å². The number of phenolic OH excluding ortho intramolecular Hbond substituents is 1. The van der Waals surface area contributed by atoms with Gasteiger partial charge >= 0.3 is 7.12 Å². The lowest BCUT2D eigenvalue weighted by atomic mass is 9.78. The van der Waals surface area contributed by atoms with Crippen molar-refractivity contribution in [2.75, 3.05) is 7.11 Å². The first-order valence-corrected chi connectivity index (χ1v) is 6.10. The van der Waals surface area contributed by atoms with E-state index in [0.717, 1.165) is 6.07 Å². The molecule has 1 N–H and O–H groups in total. The standard InChI is InChI=1S/C13H18BFO4/c1-12(2)13(3,4)19-14(18-12)8-6-11(17-5)10(16)7-9(8)15/h6-7,16H,1-5H3. The molecule has 4 nitrogen and oxygen atoms in total. The van der Waals surface area contributed by atoms with Gasteiger partial charge in [-0.3, -0.25) is 0 Å². The molecule has 1 aromatic carbocycles. The number of phenols is 1. The average Bonchev–Trinajstić information content (AvgIpc) is 2.48. The second kappa shape index (κ2) is 4.39. The van der Waals surface area contributed by atoms with Crippen LogP contribution in [-0.2, 0) is 9.31 Å². The van der Waals surface area contributed by atoms with Gasteiger partial charge in [-0.25, -0.2) is 4.39 Å². The quantitative estimate of drug-likeness (QED) is 0.831. The molecule has 1 aliphatic rings. The molecular formula is C13H18BFO4. The molecule has 0 radical (unpaired) electrons. The third kappa shape index (κ3) is 2.30. The van der Waals surface area contributed by atoms with E-state index in [-0.39, 0.29) is 17.0 Å². The zero-order chi connectivity index (χ0) is 14.4. The van der Waals surface area contributed by atoms with Crippen molar-refractivity contribution >= 4 is 12.6 Å². The summed E-state index contributed by atoms with van der Waals surface area (Å²) in [6, 6.07) is 2.39. The Morgan fingerprint density at radius 1 is 1.16 bits per heavy atom. The zero-order valence-corrected chi connectivity index (χ0v) is 11.8. The molecule has 1 fully saturated rings. The first kappa shape index (κ1) is 14.2. The second-order valence-electron chi connectivity index (χ2n) is 5.63. The first-order valence-electron chi connectivity index (χ1n) is 6.10. The van der Waals surface area contributed by atoms with Crippen LogP contribution in [0.15, 0.2) is 12.1 Å². The monoisotopic (exact) mass is 268 g/mol. The summed E-state index contributed by atoms with van der Waals surface area (Å²) in [6.45, 7) is 7.57. The first-order chi connectivity index (χ1) is 8.68. The maximum Gasteiger partial charge on any atom is 0.497 e. The molecule has 104 valence electrons. The Balaban J connectivity index is 2.39. The van der Waals surface area contributed by atoms with E-state index >= 15 is 0 Å². The fraction of sp³-hybridized carbons (Fsp3) is 0.538. The molecule has 0 saturated carbocycles. The highest BCUT2D eigenvalue weighted by Gasteiger charge is 2.52. The van der Waals surface area contributed by atoms with Crippen LogP contribution in [-0.4, -0.2) is 30.5 Å². The lowest BCUT2D eigenvalue weighted by molar-refractivity contribution is 0.00578. The third-order valence-corrected chi connectivity index (χ3v) is 3.81. The van der Waals surface area contributed by atoms with Crippen LogP contribution in [0.25, 0.3) is 0 Å². The van der Waals surface area contributed by atoms with Crippen molar-refractivity contribution in [3.63, 3.8) is 0 Å². The van der Waals surface area contributed by atoms with Crippen LogP contribution in [0.5, 0.6) is 11.5 Å². The van der Waals surface area contributed by atoms with Gasteiger partial charge in [0.25, 0.3) is 0 Å². The van der Waals surface area contributed by atoms with Gasteiger partial charge in [0.2, 0.25) is 0 Å². The van der Waals surface area contributed by atoms with E-state index in [1.54, 1.807) is 0 Å². The van der Waals surface area contributed by atoms with E-state index in [2.05, 4.69) is 0 Å². The fourth-order valence-electron chi connectivity index (χ4n) is 1.87. The van der Waals surface area contributed by atoms with Crippen LogP contribution in [0, 0.1) is 5.82 Å². The number of hydrogen-bond acceptors (Lipinski definition) is 4. The number of rotatable bonds is 2. The number of benzene rings is 1. The van der Waals surface area contributed by atoms with Crippen molar-refractivity contribution in [3.8, 4) is 11.5 Å². The van der Waals surface area contributed by atoms with Crippen molar-refractivity contribution < 1.29 is 23.5 Å². The Morgan fingerprint density at radius 3 is 2.16 bits per heavy atom. The molecule has 0 aromatic heterocycles. The lowest BCUT2D eigenvalue weighted by Gasteiger charge is -2.32. The molecule has 6 heteroatoms. The highest BCUT2D eigenvalue weighted by molar-refractivity contribution is 6.62. The number of methoxy groups -OCH3 is 1. The maximum atomic E-state index is 13.9. The van der Waals surface area contributed by atoms with Crippen LogP contribution in [0.1, 0.15) is 27.7 Å². The summed E-state index contributed by atoms with van der Waals surface area (Å²) in [4.78, 5) is 0. The molecule has 0 amide bonds. The molecule has 0 bridgehead atoms. The number of aromatic hydroxyl groups is 1. The molecule has 1 aromatic rings. The van der Waals surface area contributed by atoms with Crippen LogP contribution in [0.3, 0.4) is 0 Å². The van der Waals surface area contributed by atoms with Gasteiger partial charge in [-0.2, -0.15) is 0 Å². The highest BCUT2D eigenvalue weighted by atomic mass is 19.1. The fourth-order valence-corrected chi connectivity index (χ4v) is 1.87. The third-order valence-electron chi connectivity index (χ3n) is 3.81. The number of ether oxygens (including phenoxy) is 1. The zero-order valence-electron chi connectivity index (χ0n) is 11.8. The van der Waals surface area contributed by atoms with Gasteiger partial charge in [0.15, 0.2) is 11.5 Å². The summed E-state index contributed by atoms with van der Waals surface area (Å²) in [6.07, 6.45) is 0. The van der Waals surface area contributed by atoms with Crippen LogP contribution >= 0.6 is 0 Å². The number of hydrogen-bond donors (Lipinski definition) is 1. The summed E-state index contributed by atoms with van der Waals surface area (Å²) in [7, 11) is 0.584. The molecule has 0 spiro atoms. The average molecular weight is 268 g/mol. The van der Waals surface area contributed by atoms with Crippen molar-refractivity contribution in [2.24, 2.45) is 0 Å². The van der Waals surface area contributed by atoms with Crippen LogP contribution < -0.4 is 10.2 Å². The van der Waals surface area contributed by atoms with Crippen molar-refractivity contribution in [3.05, 3.63) is 17.9 Å². The number of halogens is 1. The molecule has 1 aliphatic heterocycles. The minimum Gasteiger partial charge on any atom is -0.504 e. The van der Waals surface area contributed by atoms with E-state index in [4.69, 9.17) is 14.0 Å². The van der Waals surface area contributed by atoms with Gasteiger partial charge < -0.3 is 19.2 Å². The van der Waals surface area contributed by atoms with Crippen molar-refractivity contribution in [1.82, 2.24) is 0 Å². The van der Waals surface area contributed by atoms with Crippen LogP contribution in [0.4, 0.5) is 4.39 Å². The predicted molar refractivity (Wildman–Crippen MR) is 70.3 cm³/mol. The molecule has 2 rings (SSSR count). The van der Waals surface area contributed by atoms with Gasteiger partial charge in [0.1, 0.15) is 5.82 Å². The minimum absolute atomic E-state index is 0.186. The summed E-state index contributed by atoms with van der Waals surface area (Å²) in [5, 5.41) is 9.52. The van der Waals surface area contributed by atoms with Crippen molar-refractivity contribution in [1.29, 1.82) is 0 Å². The Bertz CT molecular complexity index is 486. The Labute approximate surface area is 112 Å². The summed E-state index contributed by atoms with van der Waals surface area (Å²) in [5.41, 5.74) is -0.877. The minimum atomic E-state index is -0.820. The van der Waals surface area contributed by atoms with Gasteiger partial charge in [0.05, 0.1) is 18.3 Å². The SMILES string of the molecule is COc1cc(B2OC(C)(C)C(C)(C)O2)c(F)cc1O. The molecule has 0 aliphatic carbocycles. The Kier molecular flexibility index (Phi) is 3.27. The summed E-state index contributed by atoms with van der Waals surface area (Å²) in [5.74, 6) is -0.650. The molecule has 1 heterocycles. The second-order valence-corrected chi connectivity index (χ2v) is 5.63. The van der Waals surface area contributed by atoms with Gasteiger partial charge in [0, 0.05) is 11.5 Å². The largest absolute Gasteiger partial charge is 0.504 e. The predicted octanol–water partition coefficient (Wildman–Crippen LogP) is 1.84. The molecular weight excluding hydrogens is 250 g/mol. The van der Waals surface area contributed by atoms with Crippen LogP contribution in [0.2, 0.25) is 0 Å². The van der Waals surface area contributed by atoms with E-state index in [9.17, 15) is 9.50 Å². The Hall–Kier alpha value is -1.27. The van der Waals surface area contributed by atoms with E-state index in [1.807, 2.05) is 27.7 Å². The van der Waals surface area contributed by atoms with E-state index < -0.39 is 24.1 Å². The van der Waals surface area contributed by atoms with E-state index in [1.165, 1.54) is 13.2 Å². The van der Waals surface area contributed by atoms with Gasteiger partial charge in [-0.1, -0.05) is 0 Å². The van der Waals surface area contributed by atoms with Crippen molar-refractivity contribution in [2.45, 2.75) is 38.9 Å². The molecule has 0 atom stereocenters. The lowest BCUT2D eigenvalue weighted by Crippen LogP contribution is -2.41. The molecule has 1 saturated heterocycles.